The SMILES string of the molecule is O=C(NCC1(Cc2ccccc2)CCCC1)C1CNC1. The van der Waals surface area contributed by atoms with E-state index in [9.17, 15) is 4.79 Å². The first-order chi connectivity index (χ1) is 9.77. The van der Waals surface area contributed by atoms with Crippen LogP contribution in [0.15, 0.2) is 30.3 Å². The molecule has 2 fully saturated rings. The van der Waals surface area contributed by atoms with Crippen molar-refractivity contribution in [2.45, 2.75) is 32.1 Å². The van der Waals surface area contributed by atoms with E-state index in [0.29, 0.717) is 0 Å². The van der Waals surface area contributed by atoms with Gasteiger partial charge in [0.1, 0.15) is 0 Å². The minimum atomic E-state index is 0.199. The monoisotopic (exact) mass is 272 g/mol. The maximum absolute atomic E-state index is 12.0. The Morgan fingerprint density at radius 2 is 1.90 bits per heavy atom. The summed E-state index contributed by atoms with van der Waals surface area (Å²) in [6.45, 7) is 2.53. The fourth-order valence-corrected chi connectivity index (χ4v) is 3.46. The topological polar surface area (TPSA) is 41.1 Å². The maximum atomic E-state index is 12.0. The molecule has 3 nitrogen and oxygen atoms in total. The summed E-state index contributed by atoms with van der Waals surface area (Å²) in [5, 5.41) is 6.37. The molecule has 0 aromatic heterocycles. The molecule has 108 valence electrons. The first kappa shape index (κ1) is 13.6. The molecule has 1 aromatic rings. The molecule has 0 atom stereocenters. The van der Waals surface area contributed by atoms with E-state index in [2.05, 4.69) is 41.0 Å². The quantitative estimate of drug-likeness (QED) is 0.862. The van der Waals surface area contributed by atoms with E-state index in [4.69, 9.17) is 0 Å². The highest BCUT2D eigenvalue weighted by atomic mass is 16.2. The molecule has 3 rings (SSSR count). The number of benzene rings is 1. The van der Waals surface area contributed by atoms with Gasteiger partial charge in [0.25, 0.3) is 0 Å². The van der Waals surface area contributed by atoms with Crippen molar-refractivity contribution in [3.05, 3.63) is 35.9 Å². The molecule has 20 heavy (non-hydrogen) atoms. The Balaban J connectivity index is 1.60. The molecule has 1 saturated carbocycles. The summed E-state index contributed by atoms with van der Waals surface area (Å²) in [5.74, 6) is 0.438. The van der Waals surface area contributed by atoms with Gasteiger partial charge in [0, 0.05) is 19.6 Å². The summed E-state index contributed by atoms with van der Waals surface area (Å²) in [7, 11) is 0. The van der Waals surface area contributed by atoms with Crippen LogP contribution in [-0.4, -0.2) is 25.5 Å². The van der Waals surface area contributed by atoms with Crippen LogP contribution in [0.3, 0.4) is 0 Å². The molecule has 0 unspecified atom stereocenters. The van der Waals surface area contributed by atoms with Crippen LogP contribution in [0.1, 0.15) is 31.2 Å². The number of nitrogens with one attached hydrogen (secondary N) is 2. The predicted molar refractivity (Wildman–Crippen MR) is 80.4 cm³/mol. The largest absolute Gasteiger partial charge is 0.355 e. The van der Waals surface area contributed by atoms with E-state index < -0.39 is 0 Å². The van der Waals surface area contributed by atoms with Crippen LogP contribution in [0.4, 0.5) is 0 Å². The van der Waals surface area contributed by atoms with Crippen molar-refractivity contribution in [2.75, 3.05) is 19.6 Å². The minimum Gasteiger partial charge on any atom is -0.355 e. The van der Waals surface area contributed by atoms with Crippen LogP contribution in [0.5, 0.6) is 0 Å². The van der Waals surface area contributed by atoms with E-state index >= 15 is 0 Å². The summed E-state index contributed by atoms with van der Waals surface area (Å²) >= 11 is 0. The molecule has 1 aliphatic carbocycles. The lowest BCUT2D eigenvalue weighted by Crippen LogP contribution is -2.52. The van der Waals surface area contributed by atoms with E-state index in [1.807, 2.05) is 0 Å². The summed E-state index contributed by atoms with van der Waals surface area (Å²) in [4.78, 5) is 12.0. The van der Waals surface area contributed by atoms with Crippen molar-refractivity contribution in [2.24, 2.45) is 11.3 Å². The highest BCUT2D eigenvalue weighted by Gasteiger charge is 2.35. The van der Waals surface area contributed by atoms with Gasteiger partial charge in [-0.3, -0.25) is 4.79 Å². The van der Waals surface area contributed by atoms with Crippen LogP contribution in [-0.2, 0) is 11.2 Å². The van der Waals surface area contributed by atoms with Gasteiger partial charge < -0.3 is 10.6 Å². The van der Waals surface area contributed by atoms with Gasteiger partial charge in [-0.25, -0.2) is 0 Å². The first-order valence-corrected chi connectivity index (χ1v) is 7.80. The third kappa shape index (κ3) is 3.04. The summed E-state index contributed by atoms with van der Waals surface area (Å²) in [6.07, 6.45) is 6.18. The van der Waals surface area contributed by atoms with Gasteiger partial charge >= 0.3 is 0 Å². The smallest absolute Gasteiger partial charge is 0.225 e. The van der Waals surface area contributed by atoms with E-state index in [-0.39, 0.29) is 17.2 Å². The van der Waals surface area contributed by atoms with Crippen LogP contribution in [0.2, 0.25) is 0 Å². The predicted octanol–water partition coefficient (Wildman–Crippen LogP) is 2.13. The first-order valence-electron chi connectivity index (χ1n) is 7.80. The minimum absolute atomic E-state index is 0.199. The number of hydrogen-bond acceptors (Lipinski definition) is 2. The number of carbonyl (C=O) groups excluding carboxylic acids is 1. The van der Waals surface area contributed by atoms with Crippen molar-refractivity contribution in [3.63, 3.8) is 0 Å². The molecule has 2 aliphatic rings. The number of rotatable bonds is 5. The molecule has 1 saturated heterocycles. The Hall–Kier alpha value is -1.35. The Morgan fingerprint density at radius 3 is 2.50 bits per heavy atom. The van der Waals surface area contributed by atoms with Gasteiger partial charge in [-0.1, -0.05) is 43.2 Å². The Labute approximate surface area is 121 Å². The van der Waals surface area contributed by atoms with Crippen molar-refractivity contribution in [1.29, 1.82) is 0 Å². The van der Waals surface area contributed by atoms with Gasteiger partial charge in [0.15, 0.2) is 0 Å². The molecular weight excluding hydrogens is 248 g/mol. The molecule has 0 bridgehead atoms. The van der Waals surface area contributed by atoms with Gasteiger partial charge in [-0.15, -0.1) is 0 Å². The zero-order valence-corrected chi connectivity index (χ0v) is 12.0. The van der Waals surface area contributed by atoms with Gasteiger partial charge in [0.05, 0.1) is 5.92 Å². The molecule has 1 heterocycles. The molecule has 1 aromatic carbocycles. The lowest BCUT2D eigenvalue weighted by Gasteiger charge is -2.32. The third-order valence-corrected chi connectivity index (χ3v) is 4.88. The fraction of sp³-hybridized carbons (Fsp3) is 0.588. The van der Waals surface area contributed by atoms with Crippen molar-refractivity contribution < 1.29 is 4.79 Å². The molecule has 1 amide bonds. The lowest BCUT2D eigenvalue weighted by molar-refractivity contribution is -0.126. The standard InChI is InChI=1S/C17H24N2O/c20-16(15-11-18-12-15)19-13-17(8-4-5-9-17)10-14-6-2-1-3-7-14/h1-3,6-7,15,18H,4-5,8-13H2,(H,19,20). The normalized spacial score (nSPS) is 21.4. The zero-order valence-electron chi connectivity index (χ0n) is 12.0. The van der Waals surface area contributed by atoms with Crippen molar-refractivity contribution >= 4 is 5.91 Å². The molecule has 0 radical (unpaired) electrons. The fourth-order valence-electron chi connectivity index (χ4n) is 3.46. The van der Waals surface area contributed by atoms with Gasteiger partial charge in [0.2, 0.25) is 5.91 Å². The second-order valence-electron chi connectivity index (χ2n) is 6.44. The molecule has 2 N–H and O–H groups in total. The number of carbonyl (C=O) groups is 1. The lowest BCUT2D eigenvalue weighted by atomic mass is 9.79. The summed E-state index contributed by atoms with van der Waals surface area (Å²) in [5.41, 5.74) is 1.68. The van der Waals surface area contributed by atoms with Crippen molar-refractivity contribution in [3.8, 4) is 0 Å². The molecule has 0 spiro atoms. The third-order valence-electron chi connectivity index (χ3n) is 4.88. The molecular formula is C17H24N2O. The zero-order chi connectivity index (χ0) is 13.8. The van der Waals surface area contributed by atoms with Crippen LogP contribution in [0.25, 0.3) is 0 Å². The highest BCUT2D eigenvalue weighted by molar-refractivity contribution is 5.80. The highest BCUT2D eigenvalue weighted by Crippen LogP contribution is 2.40. The van der Waals surface area contributed by atoms with Crippen LogP contribution < -0.4 is 10.6 Å². The van der Waals surface area contributed by atoms with Crippen LogP contribution >= 0.6 is 0 Å². The number of amides is 1. The summed E-state index contributed by atoms with van der Waals surface area (Å²) in [6, 6.07) is 10.7. The van der Waals surface area contributed by atoms with Crippen LogP contribution in [0, 0.1) is 11.3 Å². The van der Waals surface area contributed by atoms with Crippen molar-refractivity contribution in [1.82, 2.24) is 10.6 Å². The second kappa shape index (κ2) is 5.96. The Kier molecular flexibility index (Phi) is 4.06. The average Bonchev–Trinajstić information content (AvgIpc) is 2.85. The van der Waals surface area contributed by atoms with E-state index in [1.165, 1.54) is 31.2 Å². The van der Waals surface area contributed by atoms with Gasteiger partial charge in [-0.2, -0.15) is 0 Å². The molecule has 3 heteroatoms. The second-order valence-corrected chi connectivity index (χ2v) is 6.44. The number of hydrogen-bond donors (Lipinski definition) is 2. The molecule has 1 aliphatic heterocycles. The summed E-state index contributed by atoms with van der Waals surface area (Å²) < 4.78 is 0. The Bertz CT molecular complexity index is 447. The van der Waals surface area contributed by atoms with Gasteiger partial charge in [-0.05, 0) is 30.2 Å². The van der Waals surface area contributed by atoms with E-state index in [0.717, 1.165) is 26.1 Å². The average molecular weight is 272 g/mol. The Morgan fingerprint density at radius 1 is 1.20 bits per heavy atom. The maximum Gasteiger partial charge on any atom is 0.225 e. The van der Waals surface area contributed by atoms with E-state index in [1.54, 1.807) is 0 Å².